The minimum atomic E-state index is -0.673. The fourth-order valence-corrected chi connectivity index (χ4v) is 4.92. The predicted octanol–water partition coefficient (Wildman–Crippen LogP) is 4.23. The molecule has 0 bridgehead atoms. The topological polar surface area (TPSA) is 36.4 Å². The highest BCUT2D eigenvalue weighted by Crippen LogP contribution is 2.40. The molecular formula is C19H21ClN2OS. The Balaban J connectivity index is 1.69. The number of piperidine rings is 1. The number of rotatable bonds is 1. The molecule has 2 aliphatic heterocycles. The molecule has 1 unspecified atom stereocenters. The summed E-state index contributed by atoms with van der Waals surface area (Å²) in [4.78, 5) is 8.33. The van der Waals surface area contributed by atoms with E-state index in [4.69, 9.17) is 16.6 Å². The number of hydrogen-bond donors (Lipinski definition) is 1. The number of aliphatic hydroxyl groups excluding tert-OH is 1. The monoisotopic (exact) mass is 360 g/mol. The Kier molecular flexibility index (Phi) is 4.56. The van der Waals surface area contributed by atoms with Crippen LogP contribution >= 0.6 is 23.4 Å². The van der Waals surface area contributed by atoms with E-state index in [0.29, 0.717) is 10.9 Å². The molecule has 2 aliphatic rings. The molecule has 0 radical (unpaired) electrons. The van der Waals surface area contributed by atoms with Crippen LogP contribution in [0.25, 0.3) is 0 Å². The van der Waals surface area contributed by atoms with Crippen LogP contribution in [0.5, 0.6) is 0 Å². The van der Waals surface area contributed by atoms with Gasteiger partial charge in [0.15, 0.2) is 0 Å². The third-order valence-corrected chi connectivity index (χ3v) is 6.44. The number of aromatic nitrogens is 1. The normalized spacial score (nSPS) is 21.9. The fraction of sp³-hybridized carbons (Fsp3) is 0.421. The molecule has 1 atom stereocenters. The molecule has 126 valence electrons. The quantitative estimate of drug-likeness (QED) is 0.825. The summed E-state index contributed by atoms with van der Waals surface area (Å²) in [6.07, 6.45) is 1.60. The second kappa shape index (κ2) is 6.68. The molecule has 2 aromatic rings. The van der Waals surface area contributed by atoms with Gasteiger partial charge in [-0.05, 0) is 56.7 Å². The molecule has 1 aromatic carbocycles. The summed E-state index contributed by atoms with van der Waals surface area (Å²) in [5.74, 6) is 1.32. The Labute approximate surface area is 152 Å². The highest BCUT2D eigenvalue weighted by molar-refractivity contribution is 7.98. The van der Waals surface area contributed by atoms with E-state index < -0.39 is 6.10 Å². The third-order valence-electron chi connectivity index (χ3n) is 5.08. The van der Waals surface area contributed by atoms with Crippen molar-refractivity contribution >= 4 is 23.4 Å². The van der Waals surface area contributed by atoms with Crippen molar-refractivity contribution in [1.29, 1.82) is 0 Å². The van der Waals surface area contributed by atoms with Crippen molar-refractivity contribution in [3.05, 3.63) is 57.9 Å². The lowest BCUT2D eigenvalue weighted by atomic mass is 9.92. The number of aliphatic hydroxyl groups is 1. The van der Waals surface area contributed by atoms with Gasteiger partial charge in [-0.1, -0.05) is 23.7 Å². The second-order valence-electron chi connectivity index (χ2n) is 6.73. The Bertz CT molecular complexity index is 759. The predicted molar refractivity (Wildman–Crippen MR) is 98.8 cm³/mol. The first-order chi connectivity index (χ1) is 11.6. The maximum absolute atomic E-state index is 10.9. The average Bonchev–Trinajstić information content (AvgIpc) is 2.72. The van der Waals surface area contributed by atoms with E-state index in [1.54, 1.807) is 11.8 Å². The van der Waals surface area contributed by atoms with E-state index >= 15 is 0 Å². The molecule has 0 amide bonds. The van der Waals surface area contributed by atoms with Gasteiger partial charge in [0.1, 0.15) is 6.10 Å². The molecule has 1 saturated heterocycles. The number of benzene rings is 1. The number of thioether (sulfide) groups is 1. The lowest BCUT2D eigenvalue weighted by molar-refractivity contribution is 0.210. The maximum atomic E-state index is 10.9. The molecule has 0 saturated carbocycles. The smallest absolute Gasteiger partial charge is 0.122 e. The lowest BCUT2D eigenvalue weighted by Crippen LogP contribution is -2.29. The fourth-order valence-electron chi connectivity index (χ4n) is 3.57. The van der Waals surface area contributed by atoms with Crippen LogP contribution in [-0.4, -0.2) is 35.1 Å². The standard InChI is InChI=1S/C19H21ClN2OS/c1-22-8-6-12(7-9-22)16-5-2-13-11-24-17-10-14(20)3-4-15(17)19(23)18(13)21-16/h2-5,10,12,19,23H,6-9,11H2,1H3. The van der Waals surface area contributed by atoms with Crippen molar-refractivity contribution in [3.8, 4) is 0 Å². The Hall–Kier alpha value is -1.07. The van der Waals surface area contributed by atoms with Gasteiger partial charge in [0.2, 0.25) is 0 Å². The zero-order valence-electron chi connectivity index (χ0n) is 13.7. The van der Waals surface area contributed by atoms with Crippen LogP contribution in [0.1, 0.15) is 47.4 Å². The molecule has 0 spiro atoms. The van der Waals surface area contributed by atoms with Crippen LogP contribution in [0.4, 0.5) is 0 Å². The highest BCUT2D eigenvalue weighted by Gasteiger charge is 2.26. The number of hydrogen-bond acceptors (Lipinski definition) is 4. The molecule has 4 rings (SSSR count). The minimum absolute atomic E-state index is 0.499. The molecular weight excluding hydrogens is 340 g/mol. The number of pyridine rings is 1. The summed E-state index contributed by atoms with van der Waals surface area (Å²) in [6.45, 7) is 2.23. The first kappa shape index (κ1) is 16.4. The summed E-state index contributed by atoms with van der Waals surface area (Å²) in [5.41, 5.74) is 3.98. The molecule has 3 heterocycles. The SMILES string of the molecule is CN1CCC(c2ccc3c(n2)C(O)c2ccc(Cl)cc2SC3)CC1. The van der Waals surface area contributed by atoms with E-state index in [9.17, 15) is 5.11 Å². The van der Waals surface area contributed by atoms with Crippen molar-refractivity contribution in [3.63, 3.8) is 0 Å². The van der Waals surface area contributed by atoms with Crippen molar-refractivity contribution in [2.75, 3.05) is 20.1 Å². The minimum Gasteiger partial charge on any atom is -0.382 e. The molecule has 5 heteroatoms. The lowest BCUT2D eigenvalue weighted by Gasteiger charge is -2.29. The molecule has 1 aromatic heterocycles. The first-order valence-electron chi connectivity index (χ1n) is 8.40. The maximum Gasteiger partial charge on any atom is 0.122 e. The second-order valence-corrected chi connectivity index (χ2v) is 8.19. The highest BCUT2D eigenvalue weighted by atomic mass is 35.5. The summed E-state index contributed by atoms with van der Waals surface area (Å²) < 4.78 is 0. The molecule has 0 aliphatic carbocycles. The Morgan fingerprint density at radius 1 is 1.21 bits per heavy atom. The van der Waals surface area contributed by atoms with Crippen molar-refractivity contribution < 1.29 is 5.11 Å². The molecule has 1 N–H and O–H groups in total. The van der Waals surface area contributed by atoms with Gasteiger partial charge in [-0.15, -0.1) is 11.8 Å². The van der Waals surface area contributed by atoms with Crippen LogP contribution in [0, 0.1) is 0 Å². The summed E-state index contributed by atoms with van der Waals surface area (Å²) in [7, 11) is 2.17. The van der Waals surface area contributed by atoms with Gasteiger partial charge in [0.25, 0.3) is 0 Å². The van der Waals surface area contributed by atoms with Crippen molar-refractivity contribution in [2.45, 2.75) is 35.5 Å². The van der Waals surface area contributed by atoms with Gasteiger partial charge in [-0.25, -0.2) is 0 Å². The average molecular weight is 361 g/mol. The van der Waals surface area contributed by atoms with Gasteiger partial charge >= 0.3 is 0 Å². The molecule has 24 heavy (non-hydrogen) atoms. The largest absolute Gasteiger partial charge is 0.382 e. The summed E-state index contributed by atoms with van der Waals surface area (Å²) in [5, 5.41) is 11.6. The zero-order chi connectivity index (χ0) is 16.7. The van der Waals surface area contributed by atoms with Gasteiger partial charge in [0.05, 0.1) is 5.69 Å². The van der Waals surface area contributed by atoms with Gasteiger partial charge < -0.3 is 10.0 Å². The first-order valence-corrected chi connectivity index (χ1v) is 9.77. The third kappa shape index (κ3) is 3.08. The van der Waals surface area contributed by atoms with Crippen molar-refractivity contribution in [1.82, 2.24) is 9.88 Å². The molecule has 1 fully saturated rings. The van der Waals surface area contributed by atoms with Crippen molar-refractivity contribution in [2.24, 2.45) is 0 Å². The zero-order valence-corrected chi connectivity index (χ0v) is 15.3. The van der Waals surface area contributed by atoms with Gasteiger partial charge in [-0.2, -0.15) is 0 Å². The Morgan fingerprint density at radius 2 is 2.00 bits per heavy atom. The number of fused-ring (bicyclic) bond motifs is 2. The van der Waals surface area contributed by atoms with E-state index in [-0.39, 0.29) is 0 Å². The van der Waals surface area contributed by atoms with E-state index in [1.165, 1.54) is 0 Å². The van der Waals surface area contributed by atoms with E-state index in [0.717, 1.165) is 59.1 Å². The summed E-state index contributed by atoms with van der Waals surface area (Å²) >= 11 is 7.83. The van der Waals surface area contributed by atoms with E-state index in [2.05, 4.69) is 24.1 Å². The van der Waals surface area contributed by atoms with Crippen LogP contribution in [0.15, 0.2) is 35.2 Å². The van der Waals surface area contributed by atoms with Crippen LogP contribution in [-0.2, 0) is 5.75 Å². The van der Waals surface area contributed by atoms with E-state index in [1.807, 2.05) is 18.2 Å². The van der Waals surface area contributed by atoms with Gasteiger partial charge in [-0.3, -0.25) is 4.98 Å². The van der Waals surface area contributed by atoms with Crippen LogP contribution < -0.4 is 0 Å². The number of likely N-dealkylation sites (tertiary alicyclic amines) is 1. The Morgan fingerprint density at radius 3 is 2.79 bits per heavy atom. The van der Waals surface area contributed by atoms with Crippen LogP contribution in [0.3, 0.4) is 0 Å². The van der Waals surface area contributed by atoms with Crippen LogP contribution in [0.2, 0.25) is 5.02 Å². The molecule has 3 nitrogen and oxygen atoms in total. The summed E-state index contributed by atoms with van der Waals surface area (Å²) in [6, 6.07) is 10.0. The number of nitrogens with zero attached hydrogens (tertiary/aromatic N) is 2. The number of halogens is 1. The van der Waals surface area contributed by atoms with Gasteiger partial charge in [0, 0.05) is 32.8 Å².